The van der Waals surface area contributed by atoms with Gasteiger partial charge in [0, 0.05) is 24.5 Å². The second-order valence-corrected chi connectivity index (χ2v) is 6.74. The third-order valence-corrected chi connectivity index (χ3v) is 4.99. The van der Waals surface area contributed by atoms with Gasteiger partial charge in [0.05, 0.1) is 0 Å². The molecule has 3 atom stereocenters. The van der Waals surface area contributed by atoms with Gasteiger partial charge in [0.15, 0.2) is 0 Å². The highest BCUT2D eigenvalue weighted by Crippen LogP contribution is 2.27. The number of hydrogen-bond donors (Lipinski definition) is 1. The number of benzene rings is 1. The van der Waals surface area contributed by atoms with Crippen LogP contribution in [0, 0.1) is 11.7 Å². The summed E-state index contributed by atoms with van der Waals surface area (Å²) in [6, 6.07) is 7.42. The number of hydrogen-bond acceptors (Lipinski definition) is 2. The van der Waals surface area contributed by atoms with Crippen molar-refractivity contribution in [1.82, 2.24) is 10.2 Å². The molecule has 1 aromatic rings. The molecule has 128 valence electrons. The number of halogens is 2. The minimum Gasteiger partial charge on any atom is -0.339 e. The van der Waals surface area contributed by atoms with Crippen molar-refractivity contribution in [3.05, 3.63) is 35.6 Å². The molecule has 3 nitrogen and oxygen atoms in total. The highest BCUT2D eigenvalue weighted by molar-refractivity contribution is 5.85. The van der Waals surface area contributed by atoms with Gasteiger partial charge in [-0.3, -0.25) is 4.79 Å². The van der Waals surface area contributed by atoms with E-state index in [4.69, 9.17) is 0 Å². The molecule has 2 aliphatic rings. The zero-order chi connectivity index (χ0) is 15.5. The molecule has 0 aromatic heterocycles. The molecule has 23 heavy (non-hydrogen) atoms. The molecule has 2 heterocycles. The first-order valence-electron chi connectivity index (χ1n) is 8.42. The van der Waals surface area contributed by atoms with Crippen LogP contribution >= 0.6 is 12.4 Å². The maximum atomic E-state index is 13.3. The Morgan fingerprint density at radius 1 is 1.39 bits per heavy atom. The van der Waals surface area contributed by atoms with Crippen LogP contribution in [0.1, 0.15) is 38.2 Å². The van der Waals surface area contributed by atoms with Crippen LogP contribution < -0.4 is 5.32 Å². The molecule has 0 saturated carbocycles. The molecule has 0 radical (unpaired) electrons. The summed E-state index contributed by atoms with van der Waals surface area (Å²) in [5, 5.41) is 3.40. The zero-order valence-electron chi connectivity index (χ0n) is 13.6. The lowest BCUT2D eigenvalue weighted by molar-refractivity contribution is -0.137. The number of piperidine rings is 1. The fourth-order valence-corrected chi connectivity index (χ4v) is 3.86. The first kappa shape index (κ1) is 18.2. The second kappa shape index (κ2) is 8.11. The number of carbonyl (C=O) groups excluding carboxylic acids is 1. The summed E-state index contributed by atoms with van der Waals surface area (Å²) in [5.41, 5.74) is 0.989. The van der Waals surface area contributed by atoms with Gasteiger partial charge in [-0.25, -0.2) is 4.39 Å². The van der Waals surface area contributed by atoms with Gasteiger partial charge in [0.25, 0.3) is 0 Å². The molecule has 2 aliphatic heterocycles. The second-order valence-electron chi connectivity index (χ2n) is 6.74. The number of amides is 1. The lowest BCUT2D eigenvalue weighted by Crippen LogP contribution is -2.46. The summed E-state index contributed by atoms with van der Waals surface area (Å²) < 4.78 is 13.3. The van der Waals surface area contributed by atoms with Gasteiger partial charge >= 0.3 is 0 Å². The van der Waals surface area contributed by atoms with Crippen molar-refractivity contribution in [3.63, 3.8) is 0 Å². The molecule has 1 unspecified atom stereocenters. The van der Waals surface area contributed by atoms with E-state index in [9.17, 15) is 9.18 Å². The van der Waals surface area contributed by atoms with Crippen LogP contribution in [0.4, 0.5) is 4.39 Å². The molecule has 0 aliphatic carbocycles. The van der Waals surface area contributed by atoms with Gasteiger partial charge in [-0.2, -0.15) is 0 Å². The summed E-state index contributed by atoms with van der Waals surface area (Å²) >= 11 is 0. The van der Waals surface area contributed by atoms with Gasteiger partial charge in [-0.05, 0) is 63.3 Å². The average Bonchev–Trinajstić information content (AvgIpc) is 2.94. The van der Waals surface area contributed by atoms with Gasteiger partial charge in [-0.1, -0.05) is 12.1 Å². The Labute approximate surface area is 144 Å². The SMILES string of the molecule is C[C@H]1C[C@@H](C(=O)N2CCCC2Cc2cccc(F)c2)CCN1.Cl. The smallest absolute Gasteiger partial charge is 0.226 e. The van der Waals surface area contributed by atoms with E-state index in [1.807, 2.05) is 6.07 Å². The van der Waals surface area contributed by atoms with Crippen molar-refractivity contribution in [2.24, 2.45) is 5.92 Å². The van der Waals surface area contributed by atoms with E-state index in [2.05, 4.69) is 17.1 Å². The Bertz CT molecular complexity index is 540. The van der Waals surface area contributed by atoms with E-state index < -0.39 is 0 Å². The maximum absolute atomic E-state index is 13.3. The van der Waals surface area contributed by atoms with Crippen LogP contribution in [0.5, 0.6) is 0 Å². The first-order valence-corrected chi connectivity index (χ1v) is 8.42. The molecule has 2 saturated heterocycles. The van der Waals surface area contributed by atoms with Crippen molar-refractivity contribution in [3.8, 4) is 0 Å². The Balaban J connectivity index is 0.00000192. The van der Waals surface area contributed by atoms with Crippen molar-refractivity contribution in [2.75, 3.05) is 13.1 Å². The molecule has 0 spiro atoms. The number of rotatable bonds is 3. The van der Waals surface area contributed by atoms with E-state index in [0.717, 1.165) is 50.8 Å². The quantitative estimate of drug-likeness (QED) is 0.916. The maximum Gasteiger partial charge on any atom is 0.226 e. The van der Waals surface area contributed by atoms with Gasteiger partial charge in [0.1, 0.15) is 5.82 Å². The van der Waals surface area contributed by atoms with E-state index in [-0.39, 0.29) is 30.2 Å². The number of likely N-dealkylation sites (tertiary alicyclic amines) is 1. The number of nitrogens with one attached hydrogen (secondary N) is 1. The molecular formula is C18H26ClFN2O. The van der Waals surface area contributed by atoms with Crippen LogP contribution in [0.15, 0.2) is 24.3 Å². The third kappa shape index (κ3) is 4.45. The van der Waals surface area contributed by atoms with Gasteiger partial charge in [0.2, 0.25) is 5.91 Å². The normalized spacial score (nSPS) is 27.6. The minimum atomic E-state index is -0.194. The average molecular weight is 341 g/mol. The van der Waals surface area contributed by atoms with E-state index in [1.165, 1.54) is 6.07 Å². The van der Waals surface area contributed by atoms with Crippen LogP contribution in [0.3, 0.4) is 0 Å². The van der Waals surface area contributed by atoms with E-state index in [1.54, 1.807) is 12.1 Å². The predicted octanol–water partition coefficient (Wildman–Crippen LogP) is 3.17. The number of nitrogens with zero attached hydrogens (tertiary/aromatic N) is 1. The van der Waals surface area contributed by atoms with Crippen molar-refractivity contribution >= 4 is 18.3 Å². The zero-order valence-corrected chi connectivity index (χ0v) is 14.4. The van der Waals surface area contributed by atoms with Crippen LogP contribution in [-0.4, -0.2) is 36.0 Å². The Hall–Kier alpha value is -1.13. The van der Waals surface area contributed by atoms with Crippen LogP contribution in [-0.2, 0) is 11.2 Å². The molecule has 2 fully saturated rings. The third-order valence-electron chi connectivity index (χ3n) is 4.99. The molecule has 1 amide bonds. The fraction of sp³-hybridized carbons (Fsp3) is 0.611. The Morgan fingerprint density at radius 3 is 2.96 bits per heavy atom. The topological polar surface area (TPSA) is 32.3 Å². The van der Waals surface area contributed by atoms with Crippen molar-refractivity contribution in [1.29, 1.82) is 0 Å². The van der Waals surface area contributed by atoms with E-state index >= 15 is 0 Å². The summed E-state index contributed by atoms with van der Waals surface area (Å²) in [7, 11) is 0. The fourth-order valence-electron chi connectivity index (χ4n) is 3.86. The molecule has 3 rings (SSSR count). The molecular weight excluding hydrogens is 315 g/mol. The van der Waals surface area contributed by atoms with Crippen molar-refractivity contribution in [2.45, 2.75) is 51.1 Å². The molecule has 1 aromatic carbocycles. The summed E-state index contributed by atoms with van der Waals surface area (Å²) in [6.07, 6.45) is 4.73. The Kier molecular flexibility index (Phi) is 6.42. The molecule has 5 heteroatoms. The highest BCUT2D eigenvalue weighted by atomic mass is 35.5. The summed E-state index contributed by atoms with van der Waals surface area (Å²) in [6.45, 7) is 3.94. The predicted molar refractivity (Wildman–Crippen MR) is 92.3 cm³/mol. The lowest BCUT2D eigenvalue weighted by Gasteiger charge is -2.33. The largest absolute Gasteiger partial charge is 0.339 e. The minimum absolute atomic E-state index is 0. The monoisotopic (exact) mass is 340 g/mol. The molecule has 0 bridgehead atoms. The highest BCUT2D eigenvalue weighted by Gasteiger charge is 2.34. The molecule has 1 N–H and O–H groups in total. The first-order chi connectivity index (χ1) is 10.6. The number of carbonyl (C=O) groups is 1. The van der Waals surface area contributed by atoms with Gasteiger partial charge < -0.3 is 10.2 Å². The van der Waals surface area contributed by atoms with Crippen LogP contribution in [0.2, 0.25) is 0 Å². The van der Waals surface area contributed by atoms with Crippen LogP contribution in [0.25, 0.3) is 0 Å². The summed E-state index contributed by atoms with van der Waals surface area (Å²) in [5.74, 6) is 0.275. The van der Waals surface area contributed by atoms with Crippen molar-refractivity contribution < 1.29 is 9.18 Å². The Morgan fingerprint density at radius 2 is 2.22 bits per heavy atom. The van der Waals surface area contributed by atoms with E-state index in [0.29, 0.717) is 11.9 Å². The standard InChI is InChI=1S/C18H25FN2O.ClH/c1-13-10-15(7-8-20-13)18(22)21-9-3-6-17(21)12-14-4-2-5-16(19)11-14;/h2,4-5,11,13,15,17,20H,3,6-10,12H2,1H3;1H/t13-,15-,17?;/m0./s1. The lowest BCUT2D eigenvalue weighted by atomic mass is 9.91. The van der Waals surface area contributed by atoms with Gasteiger partial charge in [-0.15, -0.1) is 12.4 Å². The summed E-state index contributed by atoms with van der Waals surface area (Å²) in [4.78, 5) is 14.9.